The van der Waals surface area contributed by atoms with Gasteiger partial charge in [-0.2, -0.15) is 0 Å². The highest BCUT2D eigenvalue weighted by molar-refractivity contribution is 5.16. The highest BCUT2D eigenvalue weighted by atomic mass is 16.3. The van der Waals surface area contributed by atoms with E-state index < -0.39 is 5.60 Å². The summed E-state index contributed by atoms with van der Waals surface area (Å²) in [6.07, 6.45) is 4.68. The molecule has 124 valence electrons. The van der Waals surface area contributed by atoms with Gasteiger partial charge in [0, 0.05) is 37.8 Å². The van der Waals surface area contributed by atoms with Gasteiger partial charge >= 0.3 is 0 Å². The molecule has 0 aliphatic carbocycles. The lowest BCUT2D eigenvalue weighted by atomic mass is 9.71. The number of piperidine rings is 1. The molecule has 0 radical (unpaired) electrons. The number of hydrogen-bond acceptors (Lipinski definition) is 3. The molecule has 2 aromatic rings. The van der Waals surface area contributed by atoms with Crippen LogP contribution in [0.25, 0.3) is 0 Å². The lowest BCUT2D eigenvalue weighted by Gasteiger charge is -2.48. The summed E-state index contributed by atoms with van der Waals surface area (Å²) in [5.74, 6) is 0. The molecule has 1 aromatic carbocycles. The summed E-state index contributed by atoms with van der Waals surface area (Å²) >= 11 is 0. The first-order valence-corrected chi connectivity index (χ1v) is 8.35. The quantitative estimate of drug-likeness (QED) is 0.943. The standard InChI is InChI=1S/C19H27N3O/c1-18(2)14-21(10-9-19(18,3)23)13-17-11-20-15-22(17)12-16-7-5-4-6-8-16/h4-8,11,15,23H,9-10,12-14H2,1-3H3/t19-/m1/s1. The maximum atomic E-state index is 10.6. The third-order valence-electron chi connectivity index (χ3n) is 5.37. The fourth-order valence-electron chi connectivity index (χ4n) is 3.29. The molecule has 3 rings (SSSR count). The smallest absolute Gasteiger partial charge is 0.0951 e. The lowest BCUT2D eigenvalue weighted by molar-refractivity contribution is -0.107. The Morgan fingerprint density at radius 1 is 1.13 bits per heavy atom. The molecule has 1 N–H and O–H groups in total. The molecule has 1 aromatic heterocycles. The zero-order valence-electron chi connectivity index (χ0n) is 14.4. The molecule has 4 nitrogen and oxygen atoms in total. The Kier molecular flexibility index (Phi) is 4.30. The van der Waals surface area contributed by atoms with Crippen molar-refractivity contribution >= 4 is 0 Å². The lowest BCUT2D eigenvalue weighted by Crippen LogP contribution is -2.55. The summed E-state index contributed by atoms with van der Waals surface area (Å²) in [5, 5.41) is 10.6. The Balaban J connectivity index is 1.69. The van der Waals surface area contributed by atoms with Gasteiger partial charge in [-0.15, -0.1) is 0 Å². The second-order valence-corrected chi connectivity index (χ2v) is 7.62. The van der Waals surface area contributed by atoms with Crippen LogP contribution in [0.3, 0.4) is 0 Å². The first-order valence-electron chi connectivity index (χ1n) is 8.35. The predicted molar refractivity (Wildman–Crippen MR) is 92.1 cm³/mol. The van der Waals surface area contributed by atoms with Crippen LogP contribution in [-0.4, -0.2) is 38.2 Å². The molecule has 1 aliphatic heterocycles. The number of rotatable bonds is 4. The van der Waals surface area contributed by atoms with Crippen molar-refractivity contribution in [3.8, 4) is 0 Å². The number of benzene rings is 1. The zero-order valence-corrected chi connectivity index (χ0v) is 14.4. The maximum Gasteiger partial charge on any atom is 0.0951 e. The van der Waals surface area contributed by atoms with E-state index in [0.717, 1.165) is 32.6 Å². The highest BCUT2D eigenvalue weighted by Gasteiger charge is 2.43. The first-order chi connectivity index (χ1) is 10.9. The normalized spacial score (nSPS) is 24.7. The number of aliphatic hydroxyl groups is 1. The number of imidazole rings is 1. The Morgan fingerprint density at radius 2 is 1.87 bits per heavy atom. The van der Waals surface area contributed by atoms with E-state index in [2.05, 4.69) is 52.6 Å². The molecule has 1 atom stereocenters. The molecule has 0 amide bonds. The average Bonchev–Trinajstić information content (AvgIpc) is 2.91. The van der Waals surface area contributed by atoms with Gasteiger partial charge in [0.15, 0.2) is 0 Å². The molecule has 2 heterocycles. The van der Waals surface area contributed by atoms with Crippen molar-refractivity contribution in [1.29, 1.82) is 0 Å². The van der Waals surface area contributed by atoms with Crippen molar-refractivity contribution in [1.82, 2.24) is 14.5 Å². The number of aromatic nitrogens is 2. The number of hydrogen-bond donors (Lipinski definition) is 1. The third kappa shape index (κ3) is 3.48. The Labute approximate surface area is 138 Å². The van der Waals surface area contributed by atoms with E-state index in [1.165, 1.54) is 11.3 Å². The van der Waals surface area contributed by atoms with Crippen LogP contribution in [0.5, 0.6) is 0 Å². The molecular weight excluding hydrogens is 286 g/mol. The van der Waals surface area contributed by atoms with Crippen LogP contribution in [-0.2, 0) is 13.1 Å². The topological polar surface area (TPSA) is 41.3 Å². The molecule has 1 aliphatic rings. The van der Waals surface area contributed by atoms with Crippen LogP contribution in [0.4, 0.5) is 0 Å². The van der Waals surface area contributed by atoms with Gasteiger partial charge in [-0.25, -0.2) is 4.98 Å². The van der Waals surface area contributed by atoms with Crippen LogP contribution in [0.1, 0.15) is 38.4 Å². The molecule has 1 saturated heterocycles. The van der Waals surface area contributed by atoms with Gasteiger partial charge in [0.1, 0.15) is 0 Å². The second kappa shape index (κ2) is 6.10. The first kappa shape index (κ1) is 16.2. The van der Waals surface area contributed by atoms with Crippen LogP contribution in [0, 0.1) is 5.41 Å². The summed E-state index contributed by atoms with van der Waals surface area (Å²) in [4.78, 5) is 6.76. The van der Waals surface area contributed by atoms with E-state index in [9.17, 15) is 5.11 Å². The summed E-state index contributed by atoms with van der Waals surface area (Å²) in [6.45, 7) is 9.83. The molecule has 23 heavy (non-hydrogen) atoms. The van der Waals surface area contributed by atoms with E-state index in [4.69, 9.17) is 0 Å². The number of likely N-dealkylation sites (tertiary alicyclic amines) is 1. The SMILES string of the molecule is CC1(C)CN(Cc2cncn2Cc2ccccc2)CC[C@@]1(C)O. The van der Waals surface area contributed by atoms with Crippen LogP contribution >= 0.6 is 0 Å². The van der Waals surface area contributed by atoms with Crippen molar-refractivity contribution in [2.24, 2.45) is 5.41 Å². The van der Waals surface area contributed by atoms with Crippen molar-refractivity contribution in [3.05, 3.63) is 54.1 Å². The van der Waals surface area contributed by atoms with E-state index >= 15 is 0 Å². The fraction of sp³-hybridized carbons (Fsp3) is 0.526. The second-order valence-electron chi connectivity index (χ2n) is 7.62. The summed E-state index contributed by atoms with van der Waals surface area (Å²) in [6, 6.07) is 10.5. The van der Waals surface area contributed by atoms with E-state index in [1.807, 2.05) is 25.5 Å². The molecule has 0 saturated carbocycles. The monoisotopic (exact) mass is 313 g/mol. The molecule has 0 bridgehead atoms. The molecule has 0 spiro atoms. The van der Waals surface area contributed by atoms with E-state index in [0.29, 0.717) is 0 Å². The number of nitrogens with zero attached hydrogens (tertiary/aromatic N) is 3. The largest absolute Gasteiger partial charge is 0.390 e. The summed E-state index contributed by atoms with van der Waals surface area (Å²) < 4.78 is 2.22. The van der Waals surface area contributed by atoms with Crippen molar-refractivity contribution in [2.45, 2.75) is 45.9 Å². The van der Waals surface area contributed by atoms with E-state index in [-0.39, 0.29) is 5.41 Å². The van der Waals surface area contributed by atoms with Gasteiger partial charge < -0.3 is 9.67 Å². The van der Waals surface area contributed by atoms with E-state index in [1.54, 1.807) is 0 Å². The highest BCUT2D eigenvalue weighted by Crippen LogP contribution is 2.38. The molecule has 0 unspecified atom stereocenters. The van der Waals surface area contributed by atoms with Crippen molar-refractivity contribution in [2.75, 3.05) is 13.1 Å². The van der Waals surface area contributed by atoms with Crippen molar-refractivity contribution in [3.63, 3.8) is 0 Å². The van der Waals surface area contributed by atoms with Gasteiger partial charge in [0.25, 0.3) is 0 Å². The Bertz CT molecular complexity index is 646. The minimum atomic E-state index is -0.590. The molecular formula is C19H27N3O. The van der Waals surface area contributed by atoms with Crippen LogP contribution in [0.2, 0.25) is 0 Å². The van der Waals surface area contributed by atoms with Gasteiger partial charge in [-0.05, 0) is 18.9 Å². The predicted octanol–water partition coefficient (Wildman–Crippen LogP) is 2.91. The van der Waals surface area contributed by atoms with Crippen molar-refractivity contribution < 1.29 is 5.11 Å². The van der Waals surface area contributed by atoms with Crippen LogP contribution < -0.4 is 0 Å². The van der Waals surface area contributed by atoms with Crippen LogP contribution in [0.15, 0.2) is 42.9 Å². The maximum absolute atomic E-state index is 10.6. The van der Waals surface area contributed by atoms with Gasteiger partial charge in [0.05, 0.1) is 17.6 Å². The third-order valence-corrected chi connectivity index (χ3v) is 5.37. The summed E-state index contributed by atoms with van der Waals surface area (Å²) in [5.41, 5.74) is 1.82. The molecule has 1 fully saturated rings. The minimum absolute atomic E-state index is 0.102. The zero-order chi connectivity index (χ0) is 16.5. The fourth-order valence-corrected chi connectivity index (χ4v) is 3.29. The molecule has 4 heteroatoms. The van der Waals surface area contributed by atoms with Gasteiger partial charge in [0.2, 0.25) is 0 Å². The summed E-state index contributed by atoms with van der Waals surface area (Å²) in [7, 11) is 0. The van der Waals surface area contributed by atoms with Gasteiger partial charge in [-0.1, -0.05) is 44.2 Å². The average molecular weight is 313 g/mol. The Hall–Kier alpha value is -1.65. The Morgan fingerprint density at radius 3 is 2.57 bits per heavy atom. The van der Waals surface area contributed by atoms with Gasteiger partial charge in [-0.3, -0.25) is 4.90 Å². The minimum Gasteiger partial charge on any atom is -0.390 e.